The van der Waals surface area contributed by atoms with E-state index in [1.165, 1.54) is 0 Å². The molecule has 1 aliphatic heterocycles. The van der Waals surface area contributed by atoms with Crippen LogP contribution in [0.1, 0.15) is 13.3 Å². The van der Waals surface area contributed by atoms with Crippen LogP contribution in [0.25, 0.3) is 17.4 Å². The van der Waals surface area contributed by atoms with Crippen LogP contribution in [-0.4, -0.2) is 17.4 Å². The molecule has 0 fully saturated rings. The average Bonchev–Trinajstić information content (AvgIpc) is 2.33. The Kier molecular flexibility index (Phi) is 2.38. The summed E-state index contributed by atoms with van der Waals surface area (Å²) in [5.74, 6) is 0. The summed E-state index contributed by atoms with van der Waals surface area (Å²) >= 11 is 0. The Balaban J connectivity index is 2.41. The summed E-state index contributed by atoms with van der Waals surface area (Å²) in [6, 6.07) is 10.2. The molecule has 3 rings (SSSR count). The third-order valence-electron chi connectivity index (χ3n) is 3.46. The first-order valence-corrected chi connectivity index (χ1v) is 6.13. The predicted octanol–water partition coefficient (Wildman–Crippen LogP) is 1.39. The number of rotatable bonds is 2. The van der Waals surface area contributed by atoms with Crippen LogP contribution < -0.4 is 15.9 Å². The Bertz CT molecular complexity index is 723. The summed E-state index contributed by atoms with van der Waals surface area (Å²) in [6.45, 7) is 6.16. The summed E-state index contributed by atoms with van der Waals surface area (Å²) in [5.41, 5.74) is 0.614. The molecule has 1 atom stereocenters. The fourth-order valence-corrected chi connectivity index (χ4v) is 2.54. The highest BCUT2D eigenvalue weighted by atomic mass is 16.3. The molecular formula is C15H16N2O. The highest BCUT2D eigenvalue weighted by molar-refractivity contribution is 5.94. The largest absolute Gasteiger partial charge is 0.396 e. The van der Waals surface area contributed by atoms with E-state index in [1.807, 2.05) is 19.1 Å². The molecule has 2 N–H and O–H groups in total. The number of hydrogen-bond acceptors (Lipinski definition) is 3. The molecule has 0 saturated heterocycles. The van der Waals surface area contributed by atoms with Gasteiger partial charge in [-0.15, -0.1) is 0 Å². The van der Waals surface area contributed by atoms with Gasteiger partial charge in [-0.2, -0.15) is 0 Å². The lowest BCUT2D eigenvalue weighted by molar-refractivity contribution is 0.255. The van der Waals surface area contributed by atoms with Gasteiger partial charge in [0, 0.05) is 24.1 Å². The summed E-state index contributed by atoms with van der Waals surface area (Å²) < 4.78 is 0. The second kappa shape index (κ2) is 3.82. The molecule has 0 aromatic heterocycles. The molecule has 1 unspecified atom stereocenters. The minimum atomic E-state index is -0.455. The fourth-order valence-electron chi connectivity index (χ4n) is 2.54. The SMILES string of the molecule is C=c1ccc2cccc3c2c1=NC(C)(CCO)N3. The van der Waals surface area contributed by atoms with Crippen molar-refractivity contribution >= 4 is 23.0 Å². The average molecular weight is 240 g/mol. The third kappa shape index (κ3) is 1.59. The molecule has 0 bridgehead atoms. The molecule has 3 nitrogen and oxygen atoms in total. The fraction of sp³-hybridized carbons (Fsp3) is 0.267. The van der Waals surface area contributed by atoms with Gasteiger partial charge in [0.15, 0.2) is 0 Å². The molecule has 0 aliphatic carbocycles. The van der Waals surface area contributed by atoms with E-state index in [1.54, 1.807) is 0 Å². The Morgan fingerprint density at radius 2 is 2.17 bits per heavy atom. The smallest absolute Gasteiger partial charge is 0.129 e. The highest BCUT2D eigenvalue weighted by Crippen LogP contribution is 2.28. The Morgan fingerprint density at radius 1 is 1.33 bits per heavy atom. The number of anilines is 1. The van der Waals surface area contributed by atoms with Crippen molar-refractivity contribution in [2.75, 3.05) is 11.9 Å². The van der Waals surface area contributed by atoms with Gasteiger partial charge in [0.1, 0.15) is 5.66 Å². The number of nitrogens with zero attached hydrogens (tertiary/aromatic N) is 1. The minimum Gasteiger partial charge on any atom is -0.396 e. The van der Waals surface area contributed by atoms with E-state index in [2.05, 4.69) is 30.1 Å². The van der Waals surface area contributed by atoms with E-state index < -0.39 is 5.66 Å². The van der Waals surface area contributed by atoms with E-state index >= 15 is 0 Å². The lowest BCUT2D eigenvalue weighted by Crippen LogP contribution is -2.42. The topological polar surface area (TPSA) is 44.6 Å². The van der Waals surface area contributed by atoms with Gasteiger partial charge in [-0.3, -0.25) is 4.99 Å². The number of aliphatic hydroxyl groups is 1. The van der Waals surface area contributed by atoms with E-state index in [-0.39, 0.29) is 6.61 Å². The van der Waals surface area contributed by atoms with E-state index in [9.17, 15) is 5.11 Å². The van der Waals surface area contributed by atoms with Crippen LogP contribution >= 0.6 is 0 Å². The summed E-state index contributed by atoms with van der Waals surface area (Å²) in [6.07, 6.45) is 0.581. The lowest BCUT2D eigenvalue weighted by Gasteiger charge is -2.31. The van der Waals surface area contributed by atoms with Gasteiger partial charge in [0.05, 0.1) is 5.36 Å². The van der Waals surface area contributed by atoms with Crippen molar-refractivity contribution in [3.8, 4) is 0 Å². The standard InChI is InChI=1S/C15H16N2O/c1-10-6-7-11-4-3-5-12-13(11)14(10)17-15(2,16-12)8-9-18/h3-7,16,18H,1,8-9H2,2H3. The molecule has 1 heterocycles. The van der Waals surface area contributed by atoms with E-state index in [0.29, 0.717) is 6.42 Å². The van der Waals surface area contributed by atoms with Gasteiger partial charge in [0.25, 0.3) is 0 Å². The molecule has 92 valence electrons. The molecular weight excluding hydrogens is 224 g/mol. The molecule has 2 aromatic rings. The molecule has 2 aromatic carbocycles. The van der Waals surface area contributed by atoms with Gasteiger partial charge in [-0.25, -0.2) is 0 Å². The van der Waals surface area contributed by atoms with Crippen molar-refractivity contribution in [3.05, 3.63) is 40.9 Å². The zero-order valence-electron chi connectivity index (χ0n) is 10.4. The predicted molar refractivity (Wildman–Crippen MR) is 74.0 cm³/mol. The molecule has 0 spiro atoms. The number of aliphatic hydroxyl groups excluding tert-OH is 1. The molecule has 3 heteroatoms. The third-order valence-corrected chi connectivity index (χ3v) is 3.46. The van der Waals surface area contributed by atoms with Crippen LogP contribution in [0.2, 0.25) is 0 Å². The molecule has 0 amide bonds. The number of hydrogen-bond donors (Lipinski definition) is 2. The van der Waals surface area contributed by atoms with Crippen LogP contribution in [0.5, 0.6) is 0 Å². The van der Waals surface area contributed by atoms with E-state index in [0.717, 1.165) is 27.0 Å². The molecule has 1 aliphatic rings. The second-order valence-corrected chi connectivity index (χ2v) is 4.96. The van der Waals surface area contributed by atoms with Crippen LogP contribution in [0, 0.1) is 0 Å². The van der Waals surface area contributed by atoms with Crippen molar-refractivity contribution < 1.29 is 5.11 Å². The monoisotopic (exact) mass is 240 g/mol. The molecule has 0 radical (unpaired) electrons. The zero-order valence-corrected chi connectivity index (χ0v) is 10.4. The lowest BCUT2D eigenvalue weighted by atomic mass is 10.0. The van der Waals surface area contributed by atoms with Crippen LogP contribution in [0.15, 0.2) is 35.3 Å². The zero-order chi connectivity index (χ0) is 12.8. The highest BCUT2D eigenvalue weighted by Gasteiger charge is 2.26. The van der Waals surface area contributed by atoms with Crippen molar-refractivity contribution in [2.45, 2.75) is 19.0 Å². The van der Waals surface area contributed by atoms with Gasteiger partial charge in [0.2, 0.25) is 0 Å². The second-order valence-electron chi connectivity index (χ2n) is 4.96. The first-order valence-electron chi connectivity index (χ1n) is 6.13. The first-order chi connectivity index (χ1) is 8.63. The Hall–Kier alpha value is -1.87. The maximum atomic E-state index is 9.18. The van der Waals surface area contributed by atoms with Gasteiger partial charge >= 0.3 is 0 Å². The normalized spacial score (nSPS) is 21.4. The maximum absolute atomic E-state index is 9.18. The molecule has 18 heavy (non-hydrogen) atoms. The van der Waals surface area contributed by atoms with Crippen molar-refractivity contribution in [1.29, 1.82) is 0 Å². The summed E-state index contributed by atoms with van der Waals surface area (Å²) in [4.78, 5) is 4.75. The minimum absolute atomic E-state index is 0.109. The number of nitrogens with one attached hydrogen (secondary N) is 1. The molecule has 0 saturated carbocycles. The quantitative estimate of drug-likeness (QED) is 0.833. The van der Waals surface area contributed by atoms with Crippen molar-refractivity contribution in [2.24, 2.45) is 4.99 Å². The summed E-state index contributed by atoms with van der Waals surface area (Å²) in [5, 5.41) is 16.8. The Morgan fingerprint density at radius 3 is 2.94 bits per heavy atom. The van der Waals surface area contributed by atoms with Crippen LogP contribution in [0.4, 0.5) is 5.69 Å². The number of benzene rings is 2. The first kappa shape index (κ1) is 11.2. The van der Waals surface area contributed by atoms with Crippen LogP contribution in [0.3, 0.4) is 0 Å². The van der Waals surface area contributed by atoms with Crippen molar-refractivity contribution in [1.82, 2.24) is 0 Å². The van der Waals surface area contributed by atoms with Crippen LogP contribution in [-0.2, 0) is 0 Å². The Labute approximate surface area is 105 Å². The van der Waals surface area contributed by atoms with Crippen molar-refractivity contribution in [3.63, 3.8) is 0 Å². The van der Waals surface area contributed by atoms with E-state index in [4.69, 9.17) is 4.99 Å². The maximum Gasteiger partial charge on any atom is 0.129 e. The summed E-state index contributed by atoms with van der Waals surface area (Å²) in [7, 11) is 0. The van der Waals surface area contributed by atoms with Gasteiger partial charge in [-0.05, 0) is 23.6 Å². The van der Waals surface area contributed by atoms with Gasteiger partial charge < -0.3 is 10.4 Å². The van der Waals surface area contributed by atoms with Gasteiger partial charge in [-0.1, -0.05) is 30.8 Å².